The van der Waals surface area contributed by atoms with Crippen LogP contribution in [0.3, 0.4) is 0 Å². The molecule has 0 aliphatic heterocycles. The van der Waals surface area contributed by atoms with Gasteiger partial charge in [0.25, 0.3) is 0 Å². The summed E-state index contributed by atoms with van der Waals surface area (Å²) in [6.45, 7) is 1.78. The maximum atomic E-state index is 9.54. The molecule has 2 aliphatic carbocycles. The lowest BCUT2D eigenvalue weighted by molar-refractivity contribution is 0.215. The number of hydrogen-bond donors (Lipinski definition) is 1. The molecule has 0 radical (unpaired) electrons. The molecule has 2 aliphatic rings. The zero-order valence-electron chi connectivity index (χ0n) is 11.3. The van der Waals surface area contributed by atoms with Crippen LogP contribution in [-0.2, 0) is 5.54 Å². The lowest BCUT2D eigenvalue weighted by Crippen LogP contribution is -2.48. The zero-order valence-corrected chi connectivity index (χ0v) is 11.3. The first-order valence-corrected chi connectivity index (χ1v) is 7.21. The SMILES string of the molecule is N#CC(N)(CN(CC1CC1)C1CC1)c1ccccc1. The quantitative estimate of drug-likeness (QED) is 0.848. The molecule has 0 heterocycles. The minimum atomic E-state index is -0.876. The van der Waals surface area contributed by atoms with Crippen molar-refractivity contribution in [3.8, 4) is 6.07 Å². The number of hydrogen-bond acceptors (Lipinski definition) is 3. The molecule has 3 heteroatoms. The van der Waals surface area contributed by atoms with E-state index in [1.807, 2.05) is 30.3 Å². The van der Waals surface area contributed by atoms with Crippen LogP contribution in [-0.4, -0.2) is 24.0 Å². The summed E-state index contributed by atoms with van der Waals surface area (Å²) in [7, 11) is 0. The van der Waals surface area contributed by atoms with Gasteiger partial charge in [-0.1, -0.05) is 30.3 Å². The highest BCUT2D eigenvalue weighted by molar-refractivity contribution is 5.31. The van der Waals surface area contributed by atoms with E-state index in [0.717, 1.165) is 18.0 Å². The van der Waals surface area contributed by atoms with Crippen molar-refractivity contribution < 1.29 is 0 Å². The lowest BCUT2D eigenvalue weighted by Gasteiger charge is -2.31. The highest BCUT2D eigenvalue weighted by Crippen LogP contribution is 2.36. The number of benzene rings is 1. The average Bonchev–Trinajstić information content (AvgIpc) is 3.30. The maximum absolute atomic E-state index is 9.54. The van der Waals surface area contributed by atoms with Gasteiger partial charge in [0.2, 0.25) is 0 Å². The normalized spacial score (nSPS) is 21.9. The summed E-state index contributed by atoms with van der Waals surface area (Å²) in [5.41, 5.74) is 6.43. The van der Waals surface area contributed by atoms with Crippen molar-refractivity contribution in [2.24, 2.45) is 11.7 Å². The van der Waals surface area contributed by atoms with Gasteiger partial charge in [-0.05, 0) is 37.2 Å². The largest absolute Gasteiger partial charge is 0.309 e. The first kappa shape index (κ1) is 12.7. The summed E-state index contributed by atoms with van der Waals surface area (Å²) in [5.74, 6) is 0.847. The molecule has 0 spiro atoms. The molecule has 0 saturated heterocycles. The van der Waals surface area contributed by atoms with Crippen LogP contribution in [0.15, 0.2) is 30.3 Å². The van der Waals surface area contributed by atoms with Crippen LogP contribution in [0.1, 0.15) is 31.2 Å². The molecule has 0 aromatic heterocycles. The molecule has 0 bridgehead atoms. The van der Waals surface area contributed by atoms with Gasteiger partial charge in [0.1, 0.15) is 5.54 Å². The Morgan fingerprint density at radius 3 is 2.42 bits per heavy atom. The third-order valence-corrected chi connectivity index (χ3v) is 4.19. The fourth-order valence-corrected chi connectivity index (χ4v) is 2.66. The van der Waals surface area contributed by atoms with E-state index in [1.165, 1.54) is 25.7 Å². The number of rotatable bonds is 6. The predicted octanol–water partition coefficient (Wildman–Crippen LogP) is 2.24. The Hall–Kier alpha value is -1.37. The Labute approximate surface area is 115 Å². The molecule has 2 fully saturated rings. The molecule has 2 saturated carbocycles. The van der Waals surface area contributed by atoms with Crippen molar-refractivity contribution in [2.45, 2.75) is 37.3 Å². The van der Waals surface area contributed by atoms with E-state index in [9.17, 15) is 5.26 Å². The standard InChI is InChI=1S/C16H21N3/c17-11-16(18,14-4-2-1-3-5-14)12-19(15-8-9-15)10-13-6-7-13/h1-5,13,15H,6-10,12,18H2. The van der Waals surface area contributed by atoms with Crippen molar-refractivity contribution >= 4 is 0 Å². The highest BCUT2D eigenvalue weighted by Gasteiger charge is 2.39. The molecule has 1 aromatic rings. The second-order valence-corrected chi connectivity index (χ2v) is 6.05. The lowest BCUT2D eigenvalue weighted by atomic mass is 9.91. The van der Waals surface area contributed by atoms with Gasteiger partial charge in [0.15, 0.2) is 0 Å². The summed E-state index contributed by atoms with van der Waals surface area (Å²) < 4.78 is 0. The van der Waals surface area contributed by atoms with Crippen LogP contribution in [0.5, 0.6) is 0 Å². The van der Waals surface area contributed by atoms with Crippen LogP contribution < -0.4 is 5.73 Å². The molecular weight excluding hydrogens is 234 g/mol. The van der Waals surface area contributed by atoms with Gasteiger partial charge in [-0.25, -0.2) is 0 Å². The molecule has 1 aromatic carbocycles. The molecule has 2 N–H and O–H groups in total. The second kappa shape index (κ2) is 4.96. The number of nitriles is 1. The number of nitrogens with two attached hydrogens (primary N) is 1. The first-order chi connectivity index (χ1) is 9.21. The third kappa shape index (κ3) is 2.97. The summed E-state index contributed by atoms with van der Waals surface area (Å²) in [4.78, 5) is 2.45. The van der Waals surface area contributed by atoms with Crippen molar-refractivity contribution in [3.05, 3.63) is 35.9 Å². The molecule has 100 valence electrons. The smallest absolute Gasteiger partial charge is 0.142 e. The van der Waals surface area contributed by atoms with Crippen molar-refractivity contribution in [1.29, 1.82) is 5.26 Å². The van der Waals surface area contributed by atoms with Gasteiger partial charge in [-0.15, -0.1) is 0 Å². The monoisotopic (exact) mass is 255 g/mol. The van der Waals surface area contributed by atoms with Crippen molar-refractivity contribution in [1.82, 2.24) is 4.90 Å². The topological polar surface area (TPSA) is 53.1 Å². The highest BCUT2D eigenvalue weighted by atomic mass is 15.2. The molecule has 3 nitrogen and oxygen atoms in total. The van der Waals surface area contributed by atoms with Gasteiger partial charge in [-0.2, -0.15) is 5.26 Å². The maximum Gasteiger partial charge on any atom is 0.142 e. The zero-order chi connectivity index (χ0) is 13.3. The first-order valence-electron chi connectivity index (χ1n) is 7.21. The number of nitrogens with zero attached hydrogens (tertiary/aromatic N) is 2. The minimum Gasteiger partial charge on any atom is -0.309 e. The Morgan fingerprint density at radius 2 is 1.89 bits per heavy atom. The Balaban J connectivity index is 1.75. The fraction of sp³-hybridized carbons (Fsp3) is 0.562. The van der Waals surface area contributed by atoms with Crippen LogP contribution in [0, 0.1) is 17.2 Å². The van der Waals surface area contributed by atoms with E-state index >= 15 is 0 Å². The van der Waals surface area contributed by atoms with E-state index in [1.54, 1.807) is 0 Å². The fourth-order valence-electron chi connectivity index (χ4n) is 2.66. The summed E-state index contributed by atoms with van der Waals surface area (Å²) in [6, 6.07) is 12.8. The van der Waals surface area contributed by atoms with Gasteiger partial charge < -0.3 is 5.73 Å². The molecule has 3 rings (SSSR count). The summed E-state index contributed by atoms with van der Waals surface area (Å²) in [5, 5.41) is 9.54. The molecule has 19 heavy (non-hydrogen) atoms. The molecule has 1 atom stereocenters. The van der Waals surface area contributed by atoms with Gasteiger partial charge in [0, 0.05) is 19.1 Å². The van der Waals surface area contributed by atoms with Crippen LogP contribution in [0.4, 0.5) is 0 Å². The van der Waals surface area contributed by atoms with E-state index in [0.29, 0.717) is 12.6 Å². The Morgan fingerprint density at radius 1 is 1.21 bits per heavy atom. The Kier molecular flexibility index (Phi) is 3.30. The van der Waals surface area contributed by atoms with Crippen molar-refractivity contribution in [2.75, 3.05) is 13.1 Å². The molecule has 0 amide bonds. The molecule has 1 unspecified atom stereocenters. The van der Waals surface area contributed by atoms with Crippen LogP contribution >= 0.6 is 0 Å². The van der Waals surface area contributed by atoms with Gasteiger partial charge in [0.05, 0.1) is 6.07 Å². The van der Waals surface area contributed by atoms with E-state index < -0.39 is 5.54 Å². The van der Waals surface area contributed by atoms with Crippen molar-refractivity contribution in [3.63, 3.8) is 0 Å². The summed E-state index contributed by atoms with van der Waals surface area (Å²) >= 11 is 0. The van der Waals surface area contributed by atoms with Gasteiger partial charge >= 0.3 is 0 Å². The minimum absolute atomic E-state index is 0.661. The third-order valence-electron chi connectivity index (χ3n) is 4.19. The van der Waals surface area contributed by atoms with Crippen LogP contribution in [0.25, 0.3) is 0 Å². The predicted molar refractivity (Wildman–Crippen MR) is 75.2 cm³/mol. The van der Waals surface area contributed by atoms with E-state index in [-0.39, 0.29) is 0 Å². The Bertz CT molecular complexity index is 471. The van der Waals surface area contributed by atoms with Gasteiger partial charge in [-0.3, -0.25) is 4.90 Å². The van der Waals surface area contributed by atoms with E-state index in [2.05, 4.69) is 11.0 Å². The average molecular weight is 255 g/mol. The van der Waals surface area contributed by atoms with Crippen LogP contribution in [0.2, 0.25) is 0 Å². The van der Waals surface area contributed by atoms with E-state index in [4.69, 9.17) is 5.73 Å². The molecular formula is C16H21N3. The second-order valence-electron chi connectivity index (χ2n) is 6.05. The summed E-state index contributed by atoms with van der Waals surface area (Å²) in [6.07, 6.45) is 5.23.